The Kier molecular flexibility index (Phi) is 5.09. The molecule has 0 aromatic heterocycles. The third-order valence-electron chi connectivity index (χ3n) is 8.97. The number of carbonyl (C=O) groups is 2. The molecule has 0 saturated carbocycles. The predicted molar refractivity (Wildman–Crippen MR) is 123 cm³/mol. The highest BCUT2D eigenvalue weighted by Crippen LogP contribution is 2.73. The number of aliphatic carboxylic acids is 1. The summed E-state index contributed by atoms with van der Waals surface area (Å²) in [4.78, 5) is 28.1. The number of hydrogen-bond acceptors (Lipinski definition) is 6. The zero-order chi connectivity index (χ0) is 27.3. The Morgan fingerprint density at radius 2 is 1.95 bits per heavy atom. The fraction of sp³-hybridized carbons (Fsp3) is 0.444. The summed E-state index contributed by atoms with van der Waals surface area (Å²) in [6.07, 6.45) is -6.92. The highest BCUT2D eigenvalue weighted by atomic mass is 19.4. The van der Waals surface area contributed by atoms with Gasteiger partial charge in [0.2, 0.25) is 5.91 Å². The molecule has 4 aliphatic rings. The second-order valence-corrected chi connectivity index (χ2v) is 10.5. The molecule has 0 radical (unpaired) electrons. The van der Waals surface area contributed by atoms with Gasteiger partial charge in [-0.2, -0.15) is 18.4 Å². The van der Waals surface area contributed by atoms with Crippen LogP contribution in [0.25, 0.3) is 0 Å². The molecule has 2 bridgehead atoms. The third-order valence-corrected chi connectivity index (χ3v) is 8.97. The second kappa shape index (κ2) is 7.79. The quantitative estimate of drug-likeness (QED) is 0.585. The van der Waals surface area contributed by atoms with E-state index in [0.29, 0.717) is 12.5 Å². The topological polar surface area (TPSA) is 120 Å². The number of amides is 1. The number of halogens is 3. The number of carbonyl (C=O) groups excluding carboxylic acids is 1. The molecule has 2 aromatic rings. The molecule has 4 fully saturated rings. The normalized spacial score (nSPS) is 37.3. The maximum Gasteiger partial charge on any atom is 0.417 e. The zero-order valence-electron chi connectivity index (χ0n) is 20.1. The van der Waals surface area contributed by atoms with E-state index < -0.39 is 70.0 Å². The van der Waals surface area contributed by atoms with Gasteiger partial charge in [0.05, 0.1) is 41.4 Å². The number of fused-ring (bicyclic) bond motifs is 2. The lowest BCUT2D eigenvalue weighted by atomic mass is 9.51. The van der Waals surface area contributed by atoms with Crippen molar-refractivity contribution in [3.8, 4) is 6.07 Å². The Bertz CT molecular complexity index is 1390. The standard InChI is InChI=1S/C27H23F3N2O6/c1-24-20(33)18(11-14-5-3-2-4-6-14)25(38-24)9-10-37-21-19(25)26(24,23(35)36)22(34)32(21)16-8-7-15(13-31)17(12-16)27(28,29)30/h2-8,12,18-21,33H,9-11H2,1H3,(H,35,36)/t18?,19-,20+,21-,24-,25-,26+/m0/s1. The van der Waals surface area contributed by atoms with Gasteiger partial charge in [0, 0.05) is 18.0 Å². The van der Waals surface area contributed by atoms with Crippen LogP contribution in [0.1, 0.15) is 30.0 Å². The summed E-state index contributed by atoms with van der Waals surface area (Å²) in [6.45, 7) is 1.44. The van der Waals surface area contributed by atoms with E-state index in [-0.39, 0.29) is 18.7 Å². The summed E-state index contributed by atoms with van der Waals surface area (Å²) in [7, 11) is 0. The maximum absolute atomic E-state index is 14.1. The summed E-state index contributed by atoms with van der Waals surface area (Å²) < 4.78 is 53.6. The number of aliphatic hydroxyl groups excluding tert-OH is 1. The first-order chi connectivity index (χ1) is 17.9. The monoisotopic (exact) mass is 528 g/mol. The minimum absolute atomic E-state index is 0.0388. The highest BCUT2D eigenvalue weighted by molar-refractivity contribution is 6.14. The van der Waals surface area contributed by atoms with Gasteiger partial charge in [0.15, 0.2) is 5.41 Å². The Morgan fingerprint density at radius 1 is 1.24 bits per heavy atom. The molecule has 4 saturated heterocycles. The van der Waals surface area contributed by atoms with Crippen LogP contribution >= 0.6 is 0 Å². The van der Waals surface area contributed by atoms with Gasteiger partial charge in [0.1, 0.15) is 11.8 Å². The summed E-state index contributed by atoms with van der Waals surface area (Å²) in [6, 6.07) is 13.6. The number of carboxylic acids is 1. The van der Waals surface area contributed by atoms with E-state index >= 15 is 0 Å². The molecule has 38 heavy (non-hydrogen) atoms. The molecule has 4 heterocycles. The summed E-state index contributed by atoms with van der Waals surface area (Å²) in [5.41, 5.74) is -6.65. The molecule has 0 aliphatic carbocycles. The average Bonchev–Trinajstić information content (AvgIpc) is 3.39. The Labute approximate surface area is 215 Å². The molecule has 8 nitrogen and oxygen atoms in total. The van der Waals surface area contributed by atoms with Gasteiger partial charge in [-0.25, -0.2) is 0 Å². The van der Waals surface area contributed by atoms with Crippen LogP contribution in [0, 0.1) is 28.6 Å². The number of nitrogens with zero attached hydrogens (tertiary/aromatic N) is 2. The first-order valence-electron chi connectivity index (χ1n) is 12.2. The number of carboxylic acid groups (broad SMARTS) is 1. The molecule has 11 heteroatoms. The van der Waals surface area contributed by atoms with E-state index in [9.17, 15) is 38.2 Å². The molecule has 7 atom stereocenters. The number of nitriles is 1. The molecule has 198 valence electrons. The van der Waals surface area contributed by atoms with Crippen LogP contribution in [0.2, 0.25) is 0 Å². The van der Waals surface area contributed by atoms with Gasteiger partial charge in [-0.1, -0.05) is 30.3 Å². The van der Waals surface area contributed by atoms with Crippen LogP contribution in [-0.4, -0.2) is 52.2 Å². The number of ether oxygens (including phenoxy) is 2. The summed E-state index contributed by atoms with van der Waals surface area (Å²) in [5, 5.41) is 31.4. The van der Waals surface area contributed by atoms with Gasteiger partial charge >= 0.3 is 12.1 Å². The van der Waals surface area contributed by atoms with Crippen LogP contribution in [0.5, 0.6) is 0 Å². The van der Waals surface area contributed by atoms with Crippen molar-refractivity contribution < 1.29 is 42.4 Å². The lowest BCUT2D eigenvalue weighted by Crippen LogP contribution is -2.67. The van der Waals surface area contributed by atoms with Crippen molar-refractivity contribution in [2.24, 2.45) is 17.3 Å². The molecule has 4 aliphatic heterocycles. The molecule has 1 amide bonds. The SMILES string of the molecule is C[C@@]12O[C@@]3(CCO[C@H]4[C@@H]3[C@]1(C(=O)O)C(=O)N4c1ccc(C#N)c(C(F)(F)F)c1)C(Cc1ccccc1)[C@H]2O. The number of anilines is 1. The van der Waals surface area contributed by atoms with Crippen molar-refractivity contribution in [2.75, 3.05) is 11.5 Å². The summed E-state index contributed by atoms with van der Waals surface area (Å²) >= 11 is 0. The Balaban J connectivity index is 1.53. The van der Waals surface area contributed by atoms with Crippen LogP contribution < -0.4 is 4.90 Å². The van der Waals surface area contributed by atoms with Crippen molar-refractivity contribution in [3.63, 3.8) is 0 Å². The van der Waals surface area contributed by atoms with Gasteiger partial charge in [-0.15, -0.1) is 0 Å². The molecule has 2 aromatic carbocycles. The lowest BCUT2D eigenvalue weighted by Gasteiger charge is -2.49. The maximum atomic E-state index is 14.1. The van der Waals surface area contributed by atoms with Crippen molar-refractivity contribution in [1.82, 2.24) is 0 Å². The largest absolute Gasteiger partial charge is 0.480 e. The van der Waals surface area contributed by atoms with Crippen molar-refractivity contribution in [1.29, 1.82) is 5.26 Å². The van der Waals surface area contributed by atoms with Crippen molar-refractivity contribution in [3.05, 3.63) is 65.2 Å². The van der Waals surface area contributed by atoms with E-state index in [1.165, 1.54) is 19.1 Å². The van der Waals surface area contributed by atoms with Crippen molar-refractivity contribution in [2.45, 2.75) is 49.5 Å². The minimum atomic E-state index is -4.88. The number of rotatable bonds is 4. The van der Waals surface area contributed by atoms with Gasteiger partial charge in [-0.3, -0.25) is 14.5 Å². The first-order valence-corrected chi connectivity index (χ1v) is 12.2. The minimum Gasteiger partial charge on any atom is -0.480 e. The number of alkyl halides is 3. The highest BCUT2D eigenvalue weighted by Gasteiger charge is 2.90. The van der Waals surface area contributed by atoms with Gasteiger partial charge in [0.25, 0.3) is 0 Å². The first kappa shape index (κ1) is 24.9. The summed E-state index contributed by atoms with van der Waals surface area (Å²) in [5.74, 6) is -4.22. The van der Waals surface area contributed by atoms with Gasteiger partial charge < -0.3 is 19.7 Å². The van der Waals surface area contributed by atoms with E-state index in [1.807, 2.05) is 30.3 Å². The molecule has 6 rings (SSSR count). The fourth-order valence-electron chi connectivity index (χ4n) is 7.49. The van der Waals surface area contributed by atoms with Crippen molar-refractivity contribution >= 4 is 17.6 Å². The Morgan fingerprint density at radius 3 is 2.58 bits per heavy atom. The van der Waals surface area contributed by atoms with Crippen LogP contribution in [0.15, 0.2) is 48.5 Å². The zero-order valence-corrected chi connectivity index (χ0v) is 20.1. The fourth-order valence-corrected chi connectivity index (χ4v) is 7.49. The van der Waals surface area contributed by atoms with Crippen LogP contribution in [0.3, 0.4) is 0 Å². The number of benzene rings is 2. The van der Waals surface area contributed by atoms with E-state index in [1.54, 1.807) is 0 Å². The average molecular weight is 528 g/mol. The van der Waals surface area contributed by atoms with Crippen LogP contribution in [0.4, 0.5) is 18.9 Å². The Hall–Kier alpha value is -3.46. The lowest BCUT2D eigenvalue weighted by molar-refractivity contribution is -0.177. The molecular weight excluding hydrogens is 505 g/mol. The van der Waals surface area contributed by atoms with E-state index in [0.717, 1.165) is 16.5 Å². The molecular formula is C27H23F3N2O6. The van der Waals surface area contributed by atoms with Gasteiger partial charge in [-0.05, 0) is 37.1 Å². The predicted octanol–water partition coefficient (Wildman–Crippen LogP) is 3.12. The third kappa shape index (κ3) is 2.80. The smallest absolute Gasteiger partial charge is 0.417 e. The molecule has 2 N–H and O–H groups in total. The molecule has 1 spiro atoms. The van der Waals surface area contributed by atoms with E-state index in [4.69, 9.17) is 9.47 Å². The second-order valence-electron chi connectivity index (χ2n) is 10.5. The molecule has 1 unspecified atom stereocenters. The van der Waals surface area contributed by atoms with E-state index in [2.05, 4.69) is 0 Å². The van der Waals surface area contributed by atoms with Crippen LogP contribution in [-0.2, 0) is 31.7 Å². The number of aliphatic hydroxyl groups is 1. The number of hydrogen-bond donors (Lipinski definition) is 2.